The lowest BCUT2D eigenvalue weighted by Crippen LogP contribution is -2.34. The van der Waals surface area contributed by atoms with Gasteiger partial charge < -0.3 is 9.64 Å². The van der Waals surface area contributed by atoms with Crippen LogP contribution in [-0.2, 0) is 4.74 Å². The molecular weight excluding hydrogens is 268 g/mol. The van der Waals surface area contributed by atoms with E-state index in [2.05, 4.69) is 15.0 Å². The molecule has 2 rings (SSSR count). The summed E-state index contributed by atoms with van der Waals surface area (Å²) in [5.74, 6) is -0.141. The van der Waals surface area contributed by atoms with Crippen LogP contribution in [0.4, 0.5) is 0 Å². The second-order valence-corrected chi connectivity index (χ2v) is 4.77. The number of hydrogen-bond donors (Lipinski definition) is 0. The molecule has 1 amide bonds. The van der Waals surface area contributed by atoms with Gasteiger partial charge in [-0.2, -0.15) is 0 Å². The molecule has 0 radical (unpaired) electrons. The van der Waals surface area contributed by atoms with Crippen LogP contribution in [-0.4, -0.2) is 52.6 Å². The van der Waals surface area contributed by atoms with Gasteiger partial charge in [0.25, 0.3) is 5.91 Å². The predicted octanol–water partition coefficient (Wildman–Crippen LogP) is 1.65. The first-order valence-electron chi connectivity index (χ1n) is 6.62. The maximum Gasteiger partial charge on any atom is 0.272 e. The van der Waals surface area contributed by atoms with Gasteiger partial charge in [-0.15, -0.1) is 0 Å². The van der Waals surface area contributed by atoms with E-state index in [0.29, 0.717) is 17.9 Å². The molecule has 2 heterocycles. The van der Waals surface area contributed by atoms with Crippen molar-refractivity contribution in [3.8, 4) is 11.3 Å². The number of hydrogen-bond acceptors (Lipinski definition) is 5. The van der Waals surface area contributed by atoms with Crippen molar-refractivity contribution in [3.05, 3.63) is 42.6 Å². The highest BCUT2D eigenvalue weighted by Crippen LogP contribution is 2.15. The first-order valence-corrected chi connectivity index (χ1v) is 6.62. The van der Waals surface area contributed by atoms with E-state index in [-0.39, 0.29) is 12.0 Å². The van der Waals surface area contributed by atoms with E-state index >= 15 is 0 Å². The van der Waals surface area contributed by atoms with Crippen LogP contribution in [0.15, 0.2) is 36.9 Å². The summed E-state index contributed by atoms with van der Waals surface area (Å²) in [5, 5.41) is 0. The minimum atomic E-state index is -0.141. The summed E-state index contributed by atoms with van der Waals surface area (Å²) in [6.45, 7) is 2.42. The Morgan fingerprint density at radius 2 is 2.05 bits per heavy atom. The lowest BCUT2D eigenvalue weighted by Gasteiger charge is -2.20. The molecule has 0 spiro atoms. The molecule has 1 atom stereocenters. The number of likely N-dealkylation sites (N-methyl/N-ethyl adjacent to an activating group) is 1. The topological polar surface area (TPSA) is 68.2 Å². The number of pyridine rings is 1. The third-order valence-corrected chi connectivity index (χ3v) is 3.10. The van der Waals surface area contributed by atoms with Crippen LogP contribution in [0.3, 0.4) is 0 Å². The lowest BCUT2D eigenvalue weighted by atomic mass is 10.2. The Hall–Kier alpha value is -2.34. The number of ether oxygens (including phenoxy) is 1. The molecule has 6 nitrogen and oxygen atoms in total. The molecule has 110 valence electrons. The Bertz CT molecular complexity index is 604. The molecular formula is C15H18N4O2. The van der Waals surface area contributed by atoms with Gasteiger partial charge in [-0.1, -0.05) is 6.07 Å². The highest BCUT2D eigenvalue weighted by molar-refractivity contribution is 5.92. The first-order chi connectivity index (χ1) is 10.1. The highest BCUT2D eigenvalue weighted by Gasteiger charge is 2.16. The van der Waals surface area contributed by atoms with E-state index < -0.39 is 0 Å². The van der Waals surface area contributed by atoms with Gasteiger partial charge in [-0.3, -0.25) is 4.79 Å². The van der Waals surface area contributed by atoms with Crippen LogP contribution in [0.25, 0.3) is 11.3 Å². The number of methoxy groups -OCH3 is 1. The van der Waals surface area contributed by atoms with Crippen LogP contribution in [0, 0.1) is 0 Å². The number of nitrogens with zero attached hydrogens (tertiary/aromatic N) is 4. The van der Waals surface area contributed by atoms with Gasteiger partial charge in [0.05, 0.1) is 11.8 Å². The molecule has 0 aliphatic carbocycles. The van der Waals surface area contributed by atoms with E-state index in [1.165, 1.54) is 6.33 Å². The maximum absolute atomic E-state index is 12.4. The molecule has 2 aromatic heterocycles. The van der Waals surface area contributed by atoms with E-state index in [1.54, 1.807) is 43.6 Å². The minimum absolute atomic E-state index is 0.0235. The van der Waals surface area contributed by atoms with Gasteiger partial charge in [0.1, 0.15) is 12.0 Å². The number of rotatable bonds is 5. The van der Waals surface area contributed by atoms with E-state index in [1.807, 2.05) is 13.0 Å². The normalized spacial score (nSPS) is 12.0. The number of amides is 1. The molecule has 0 N–H and O–H groups in total. The Balaban J connectivity index is 2.19. The Morgan fingerprint density at radius 3 is 2.71 bits per heavy atom. The molecule has 21 heavy (non-hydrogen) atoms. The SMILES string of the molecule is COC(C)CN(C)C(=O)c1cccc(-c2cncnc2)n1. The summed E-state index contributed by atoms with van der Waals surface area (Å²) in [6, 6.07) is 5.33. The Kier molecular flexibility index (Phi) is 4.94. The lowest BCUT2D eigenvalue weighted by molar-refractivity contribution is 0.0595. The second-order valence-electron chi connectivity index (χ2n) is 4.77. The van der Waals surface area contributed by atoms with Crippen molar-refractivity contribution in [2.24, 2.45) is 0 Å². The van der Waals surface area contributed by atoms with Gasteiger partial charge in [0.2, 0.25) is 0 Å². The van der Waals surface area contributed by atoms with Gasteiger partial charge in [-0.25, -0.2) is 15.0 Å². The molecule has 1 unspecified atom stereocenters. The molecule has 0 aliphatic heterocycles. The van der Waals surface area contributed by atoms with Crippen molar-refractivity contribution in [3.63, 3.8) is 0 Å². The minimum Gasteiger partial charge on any atom is -0.380 e. The van der Waals surface area contributed by atoms with Crippen molar-refractivity contribution in [1.29, 1.82) is 0 Å². The molecule has 0 saturated heterocycles. The summed E-state index contributed by atoms with van der Waals surface area (Å²) < 4.78 is 5.17. The predicted molar refractivity (Wildman–Crippen MR) is 78.7 cm³/mol. The number of carbonyl (C=O) groups excluding carboxylic acids is 1. The standard InChI is InChI=1S/C15H18N4O2/c1-11(21-3)9-19(2)15(20)14-6-4-5-13(18-14)12-7-16-10-17-8-12/h4-8,10-11H,9H2,1-3H3. The molecule has 6 heteroatoms. The zero-order chi connectivity index (χ0) is 15.2. The fourth-order valence-corrected chi connectivity index (χ4v) is 1.88. The summed E-state index contributed by atoms with van der Waals surface area (Å²) in [4.78, 5) is 26.3. The van der Waals surface area contributed by atoms with Crippen molar-refractivity contribution in [2.45, 2.75) is 13.0 Å². The average molecular weight is 286 g/mol. The van der Waals surface area contributed by atoms with Crippen molar-refractivity contribution in [2.75, 3.05) is 20.7 Å². The van der Waals surface area contributed by atoms with Crippen LogP contribution in [0.5, 0.6) is 0 Å². The number of carbonyl (C=O) groups is 1. The van der Waals surface area contributed by atoms with E-state index in [4.69, 9.17) is 4.74 Å². The summed E-state index contributed by atoms with van der Waals surface area (Å²) >= 11 is 0. The van der Waals surface area contributed by atoms with E-state index in [9.17, 15) is 4.79 Å². The van der Waals surface area contributed by atoms with Crippen LogP contribution in [0.2, 0.25) is 0 Å². The summed E-state index contributed by atoms with van der Waals surface area (Å²) in [6.07, 6.45) is 4.77. The molecule has 0 bridgehead atoms. The average Bonchev–Trinajstić information content (AvgIpc) is 2.54. The van der Waals surface area contributed by atoms with Crippen LogP contribution in [0.1, 0.15) is 17.4 Å². The van der Waals surface area contributed by atoms with Gasteiger partial charge in [0, 0.05) is 38.7 Å². The van der Waals surface area contributed by atoms with Gasteiger partial charge in [-0.05, 0) is 19.1 Å². The zero-order valence-electron chi connectivity index (χ0n) is 12.4. The molecule has 0 aliphatic rings. The maximum atomic E-state index is 12.4. The second kappa shape index (κ2) is 6.90. The zero-order valence-corrected chi connectivity index (χ0v) is 12.4. The fraction of sp³-hybridized carbons (Fsp3) is 0.333. The smallest absolute Gasteiger partial charge is 0.272 e. The van der Waals surface area contributed by atoms with Crippen LogP contribution < -0.4 is 0 Å². The van der Waals surface area contributed by atoms with Crippen molar-refractivity contribution >= 4 is 5.91 Å². The third kappa shape index (κ3) is 3.82. The highest BCUT2D eigenvalue weighted by atomic mass is 16.5. The largest absolute Gasteiger partial charge is 0.380 e. The first kappa shape index (κ1) is 15.1. The monoisotopic (exact) mass is 286 g/mol. The van der Waals surface area contributed by atoms with E-state index in [0.717, 1.165) is 5.56 Å². The quantitative estimate of drug-likeness (QED) is 0.836. The Labute approximate surface area is 123 Å². The molecule has 0 aromatic carbocycles. The van der Waals surface area contributed by atoms with Crippen LogP contribution >= 0.6 is 0 Å². The molecule has 2 aromatic rings. The van der Waals surface area contributed by atoms with Crippen molar-refractivity contribution < 1.29 is 9.53 Å². The third-order valence-electron chi connectivity index (χ3n) is 3.10. The molecule has 0 fully saturated rings. The summed E-state index contributed by atoms with van der Waals surface area (Å²) in [7, 11) is 3.36. The summed E-state index contributed by atoms with van der Waals surface area (Å²) in [5.41, 5.74) is 1.84. The van der Waals surface area contributed by atoms with Gasteiger partial charge in [0.15, 0.2) is 0 Å². The van der Waals surface area contributed by atoms with Crippen molar-refractivity contribution in [1.82, 2.24) is 19.9 Å². The number of aromatic nitrogens is 3. The Morgan fingerprint density at radius 1 is 1.33 bits per heavy atom. The van der Waals surface area contributed by atoms with Gasteiger partial charge >= 0.3 is 0 Å². The fourth-order valence-electron chi connectivity index (χ4n) is 1.88. The molecule has 0 saturated carbocycles.